The molecule has 3 rings (SSSR count). The molecule has 2 aromatic rings. The number of aliphatic hydroxyl groups is 1. The average molecular weight is 387 g/mol. The molecular weight excluding hydrogens is 355 g/mol. The molecule has 2 N–H and O–H groups in total. The maximum atomic E-state index is 13.7. The topological polar surface area (TPSA) is 44.7 Å². The molecule has 0 aliphatic carbocycles. The summed E-state index contributed by atoms with van der Waals surface area (Å²) in [7, 11) is 0. The molecule has 2 aromatic carbocycles. The Morgan fingerprint density at radius 3 is 2.57 bits per heavy atom. The molecule has 0 spiro atoms. The Kier molecular flexibility index (Phi) is 8.27. The summed E-state index contributed by atoms with van der Waals surface area (Å²) in [5, 5.41) is 13.6. The minimum Gasteiger partial charge on any atom is -0.491 e. The molecule has 0 aromatic heterocycles. The molecule has 1 atom stereocenters. The first-order valence-corrected chi connectivity index (χ1v) is 10.3. The van der Waals surface area contributed by atoms with Crippen LogP contribution in [0.1, 0.15) is 36.8 Å². The molecule has 4 nitrogen and oxygen atoms in total. The summed E-state index contributed by atoms with van der Waals surface area (Å²) < 4.78 is 19.5. The number of hydrogen-bond acceptors (Lipinski definition) is 4. The molecule has 0 bridgehead atoms. The third kappa shape index (κ3) is 6.89. The quantitative estimate of drug-likeness (QED) is 0.689. The lowest BCUT2D eigenvalue weighted by Crippen LogP contribution is -2.36. The summed E-state index contributed by atoms with van der Waals surface area (Å²) in [5.41, 5.74) is 1.72. The predicted molar refractivity (Wildman–Crippen MR) is 110 cm³/mol. The number of aliphatic hydroxyl groups excluding tert-OH is 1. The van der Waals surface area contributed by atoms with Gasteiger partial charge in [-0.3, -0.25) is 0 Å². The van der Waals surface area contributed by atoms with Crippen molar-refractivity contribution in [3.63, 3.8) is 0 Å². The van der Waals surface area contributed by atoms with Crippen LogP contribution in [0.4, 0.5) is 4.39 Å². The predicted octanol–water partition coefficient (Wildman–Crippen LogP) is 3.73. The monoisotopic (exact) mass is 386 g/mol. The smallest absolute Gasteiger partial charge is 0.127 e. The summed E-state index contributed by atoms with van der Waals surface area (Å²) in [6.07, 6.45) is 4.54. The summed E-state index contributed by atoms with van der Waals surface area (Å²) in [6.45, 7) is 4.21. The first-order chi connectivity index (χ1) is 13.7. The van der Waals surface area contributed by atoms with Crippen molar-refractivity contribution >= 4 is 0 Å². The summed E-state index contributed by atoms with van der Waals surface area (Å²) >= 11 is 0. The number of likely N-dealkylation sites (tertiary alicyclic amines) is 1. The van der Waals surface area contributed by atoms with Crippen LogP contribution in [0.5, 0.6) is 5.75 Å². The minimum absolute atomic E-state index is 0.189. The van der Waals surface area contributed by atoms with E-state index in [4.69, 9.17) is 4.74 Å². The van der Waals surface area contributed by atoms with Gasteiger partial charge in [0, 0.05) is 25.2 Å². The SMILES string of the molecule is O[C@@H](COc1cccc(CNCc2ccccc2F)c1)CN1CCCCCC1. The zero-order chi connectivity index (χ0) is 19.6. The number of halogens is 1. The van der Waals surface area contributed by atoms with E-state index in [0.29, 0.717) is 31.8 Å². The first kappa shape index (κ1) is 20.8. The van der Waals surface area contributed by atoms with Crippen molar-refractivity contribution in [2.24, 2.45) is 0 Å². The third-order valence-electron chi connectivity index (χ3n) is 5.11. The van der Waals surface area contributed by atoms with Crippen LogP contribution in [-0.2, 0) is 13.1 Å². The Bertz CT molecular complexity index is 717. The van der Waals surface area contributed by atoms with Crippen molar-refractivity contribution in [1.82, 2.24) is 10.2 Å². The van der Waals surface area contributed by atoms with E-state index in [1.807, 2.05) is 30.3 Å². The van der Waals surface area contributed by atoms with Gasteiger partial charge < -0.3 is 20.1 Å². The van der Waals surface area contributed by atoms with Crippen LogP contribution in [0, 0.1) is 5.82 Å². The van der Waals surface area contributed by atoms with E-state index in [1.165, 1.54) is 31.7 Å². The molecule has 0 radical (unpaired) electrons. The molecule has 1 aliphatic heterocycles. The Hall–Kier alpha value is -1.95. The van der Waals surface area contributed by atoms with Crippen molar-refractivity contribution in [1.29, 1.82) is 0 Å². The van der Waals surface area contributed by atoms with E-state index >= 15 is 0 Å². The average Bonchev–Trinajstić information content (AvgIpc) is 2.97. The highest BCUT2D eigenvalue weighted by atomic mass is 19.1. The van der Waals surface area contributed by atoms with Gasteiger partial charge in [-0.15, -0.1) is 0 Å². The molecular formula is C23H31FN2O2. The highest BCUT2D eigenvalue weighted by Crippen LogP contribution is 2.15. The van der Waals surface area contributed by atoms with E-state index in [-0.39, 0.29) is 5.82 Å². The number of rotatable bonds is 9. The molecule has 1 aliphatic rings. The number of nitrogens with one attached hydrogen (secondary N) is 1. The van der Waals surface area contributed by atoms with Gasteiger partial charge in [0.05, 0.1) is 0 Å². The Morgan fingerprint density at radius 2 is 1.79 bits per heavy atom. The highest BCUT2D eigenvalue weighted by molar-refractivity contribution is 5.28. The maximum absolute atomic E-state index is 13.7. The molecule has 1 fully saturated rings. The molecule has 152 valence electrons. The molecule has 28 heavy (non-hydrogen) atoms. The normalized spacial score (nSPS) is 16.5. The molecule has 1 saturated heterocycles. The van der Waals surface area contributed by atoms with Crippen LogP contribution in [0.2, 0.25) is 0 Å². The third-order valence-corrected chi connectivity index (χ3v) is 5.11. The van der Waals surface area contributed by atoms with Crippen LogP contribution in [0.3, 0.4) is 0 Å². The van der Waals surface area contributed by atoms with Gasteiger partial charge in [-0.05, 0) is 49.7 Å². The molecule has 0 unspecified atom stereocenters. The number of hydrogen-bond donors (Lipinski definition) is 2. The summed E-state index contributed by atoms with van der Waals surface area (Å²) in [6, 6.07) is 14.6. The van der Waals surface area contributed by atoms with Crippen LogP contribution < -0.4 is 10.1 Å². The standard InChI is InChI=1S/C23H31FN2O2/c24-23-11-4-3-9-20(23)16-25-15-19-8-7-10-22(14-19)28-18-21(27)17-26-12-5-1-2-6-13-26/h3-4,7-11,14,21,25,27H,1-2,5-6,12-13,15-18H2/t21-/m1/s1. The summed E-state index contributed by atoms with van der Waals surface area (Å²) in [5.74, 6) is 0.561. The van der Waals surface area contributed by atoms with Crippen LogP contribution >= 0.6 is 0 Å². The van der Waals surface area contributed by atoms with Crippen molar-refractivity contribution in [2.45, 2.75) is 44.9 Å². The first-order valence-electron chi connectivity index (χ1n) is 10.3. The fraction of sp³-hybridized carbons (Fsp3) is 0.478. The second-order valence-corrected chi connectivity index (χ2v) is 7.52. The zero-order valence-corrected chi connectivity index (χ0v) is 16.4. The molecule has 5 heteroatoms. The van der Waals surface area contributed by atoms with E-state index in [1.54, 1.807) is 12.1 Å². The number of benzene rings is 2. The summed E-state index contributed by atoms with van der Waals surface area (Å²) in [4.78, 5) is 2.34. The number of nitrogens with zero attached hydrogens (tertiary/aromatic N) is 1. The van der Waals surface area contributed by atoms with Gasteiger partial charge >= 0.3 is 0 Å². The number of ether oxygens (including phenoxy) is 1. The van der Waals surface area contributed by atoms with E-state index < -0.39 is 6.10 Å². The fourth-order valence-corrected chi connectivity index (χ4v) is 3.59. The van der Waals surface area contributed by atoms with Crippen molar-refractivity contribution < 1.29 is 14.2 Å². The molecule has 0 amide bonds. The second-order valence-electron chi connectivity index (χ2n) is 7.52. The van der Waals surface area contributed by atoms with E-state index in [2.05, 4.69) is 10.2 Å². The lowest BCUT2D eigenvalue weighted by Gasteiger charge is -2.23. The molecule has 1 heterocycles. The van der Waals surface area contributed by atoms with E-state index in [0.717, 1.165) is 24.4 Å². The van der Waals surface area contributed by atoms with Gasteiger partial charge in [0.15, 0.2) is 0 Å². The van der Waals surface area contributed by atoms with Crippen LogP contribution in [0.25, 0.3) is 0 Å². The van der Waals surface area contributed by atoms with Gasteiger partial charge in [0.1, 0.15) is 24.3 Å². The Balaban J connectivity index is 1.42. The molecule has 0 saturated carbocycles. The lowest BCUT2D eigenvalue weighted by molar-refractivity contribution is 0.0693. The lowest BCUT2D eigenvalue weighted by atomic mass is 10.2. The van der Waals surface area contributed by atoms with Crippen LogP contribution in [0.15, 0.2) is 48.5 Å². The second kappa shape index (κ2) is 11.1. The van der Waals surface area contributed by atoms with Crippen molar-refractivity contribution in [3.05, 3.63) is 65.5 Å². The van der Waals surface area contributed by atoms with Gasteiger partial charge in [0.2, 0.25) is 0 Å². The van der Waals surface area contributed by atoms with Gasteiger partial charge in [-0.1, -0.05) is 43.2 Å². The Morgan fingerprint density at radius 1 is 1.00 bits per heavy atom. The highest BCUT2D eigenvalue weighted by Gasteiger charge is 2.14. The van der Waals surface area contributed by atoms with Crippen molar-refractivity contribution in [2.75, 3.05) is 26.2 Å². The van der Waals surface area contributed by atoms with Crippen LogP contribution in [-0.4, -0.2) is 42.4 Å². The number of β-amino-alcohol motifs (C(OH)–C–C–N with tert-alkyl or cyclic N) is 1. The van der Waals surface area contributed by atoms with Gasteiger partial charge in [-0.25, -0.2) is 4.39 Å². The van der Waals surface area contributed by atoms with Gasteiger partial charge in [0.25, 0.3) is 0 Å². The largest absolute Gasteiger partial charge is 0.491 e. The maximum Gasteiger partial charge on any atom is 0.127 e. The fourth-order valence-electron chi connectivity index (χ4n) is 3.59. The van der Waals surface area contributed by atoms with E-state index in [9.17, 15) is 9.50 Å². The van der Waals surface area contributed by atoms with Gasteiger partial charge in [-0.2, -0.15) is 0 Å². The Labute approximate surface area is 167 Å². The minimum atomic E-state index is -0.485. The zero-order valence-electron chi connectivity index (χ0n) is 16.4. The van der Waals surface area contributed by atoms with Crippen molar-refractivity contribution in [3.8, 4) is 5.75 Å².